The molecule has 0 aliphatic rings. The van der Waals surface area contributed by atoms with Crippen LogP contribution in [0.1, 0.15) is 20.8 Å². The van der Waals surface area contributed by atoms with Crippen LogP contribution in [0.25, 0.3) is 0 Å². The van der Waals surface area contributed by atoms with Crippen molar-refractivity contribution in [2.24, 2.45) is 0 Å². The van der Waals surface area contributed by atoms with Gasteiger partial charge in [-0.05, 0) is 65.2 Å². The molecule has 1 aromatic heterocycles. The molecule has 0 radical (unpaired) electrons. The van der Waals surface area contributed by atoms with Crippen LogP contribution >= 0.6 is 27.3 Å². The van der Waals surface area contributed by atoms with Crippen molar-refractivity contribution in [3.8, 4) is 5.75 Å². The van der Waals surface area contributed by atoms with Gasteiger partial charge in [-0.15, -0.1) is 11.3 Å². The number of carbonyl (C=O) groups excluding carboxylic acids is 1. The molecule has 2 rings (SSSR count). The summed E-state index contributed by atoms with van der Waals surface area (Å²) in [7, 11) is 0. The molecule has 94 valence electrons. The molecule has 0 spiro atoms. The third-order valence-corrected chi connectivity index (χ3v) is 4.21. The van der Waals surface area contributed by atoms with Gasteiger partial charge in [0.05, 0.1) is 8.66 Å². The standard InChI is InChI=1S/C13H12BrNO2S/c1-7-6-10(16)8(2)5-9(7)15-13(17)11-3-4-12(14)18-11/h3-6,16H,1-2H3,(H,15,17). The number of halogens is 1. The van der Waals surface area contributed by atoms with Crippen LogP contribution in [0.3, 0.4) is 0 Å². The van der Waals surface area contributed by atoms with Crippen molar-refractivity contribution in [1.29, 1.82) is 0 Å². The Labute approximate surface area is 118 Å². The quantitative estimate of drug-likeness (QED) is 0.817. The van der Waals surface area contributed by atoms with E-state index in [2.05, 4.69) is 21.2 Å². The Morgan fingerprint density at radius 2 is 2.00 bits per heavy atom. The van der Waals surface area contributed by atoms with Crippen LogP contribution in [0.15, 0.2) is 28.1 Å². The maximum absolute atomic E-state index is 12.0. The summed E-state index contributed by atoms with van der Waals surface area (Å²) in [5.74, 6) is 0.100. The Balaban J connectivity index is 2.24. The molecular formula is C13H12BrNO2S. The van der Waals surface area contributed by atoms with Gasteiger partial charge >= 0.3 is 0 Å². The first kappa shape index (κ1) is 13.1. The van der Waals surface area contributed by atoms with Gasteiger partial charge in [-0.2, -0.15) is 0 Å². The predicted octanol–water partition coefficient (Wildman–Crippen LogP) is 4.09. The number of rotatable bonds is 2. The molecule has 0 atom stereocenters. The van der Waals surface area contributed by atoms with Gasteiger partial charge in [0.15, 0.2) is 0 Å². The van der Waals surface area contributed by atoms with Gasteiger partial charge in [0.1, 0.15) is 5.75 Å². The molecule has 0 fully saturated rings. The van der Waals surface area contributed by atoms with Crippen LogP contribution in [0.4, 0.5) is 5.69 Å². The van der Waals surface area contributed by atoms with Crippen LogP contribution in [-0.2, 0) is 0 Å². The minimum Gasteiger partial charge on any atom is -0.508 e. The summed E-state index contributed by atoms with van der Waals surface area (Å²) in [5.41, 5.74) is 2.30. The van der Waals surface area contributed by atoms with Gasteiger partial charge in [-0.25, -0.2) is 0 Å². The van der Waals surface area contributed by atoms with E-state index in [4.69, 9.17) is 0 Å². The van der Waals surface area contributed by atoms with Gasteiger partial charge in [0.25, 0.3) is 5.91 Å². The maximum Gasteiger partial charge on any atom is 0.265 e. The number of anilines is 1. The lowest BCUT2D eigenvalue weighted by Gasteiger charge is -2.09. The lowest BCUT2D eigenvalue weighted by Crippen LogP contribution is -2.11. The third-order valence-electron chi connectivity index (χ3n) is 2.59. The minimum absolute atomic E-state index is 0.140. The third kappa shape index (κ3) is 2.73. The minimum atomic E-state index is -0.140. The highest BCUT2D eigenvalue weighted by Gasteiger charge is 2.11. The molecule has 1 amide bonds. The molecule has 5 heteroatoms. The van der Waals surface area contributed by atoms with Crippen LogP contribution < -0.4 is 5.32 Å². The molecule has 1 aromatic carbocycles. The SMILES string of the molecule is Cc1cc(NC(=O)c2ccc(Br)s2)c(C)cc1O. The second-order valence-electron chi connectivity index (χ2n) is 4.01. The van der Waals surface area contributed by atoms with E-state index in [1.54, 1.807) is 25.1 Å². The Hall–Kier alpha value is -1.33. The number of thiophene rings is 1. The maximum atomic E-state index is 12.0. The number of amides is 1. The van der Waals surface area contributed by atoms with Crippen molar-refractivity contribution in [2.75, 3.05) is 5.32 Å². The van der Waals surface area contributed by atoms with E-state index in [0.29, 0.717) is 4.88 Å². The number of phenolic OH excluding ortho intramolecular Hbond substituents is 1. The van der Waals surface area contributed by atoms with Gasteiger partial charge < -0.3 is 10.4 Å². The molecule has 2 aromatic rings. The number of nitrogens with one attached hydrogen (secondary N) is 1. The van der Waals surface area contributed by atoms with Crippen molar-refractivity contribution >= 4 is 38.9 Å². The molecule has 0 aliphatic heterocycles. The van der Waals surface area contributed by atoms with E-state index in [0.717, 1.165) is 20.6 Å². The van der Waals surface area contributed by atoms with E-state index >= 15 is 0 Å². The lowest BCUT2D eigenvalue weighted by atomic mass is 10.1. The van der Waals surface area contributed by atoms with Crippen LogP contribution in [0.2, 0.25) is 0 Å². The average Bonchev–Trinajstić information content (AvgIpc) is 2.73. The first-order chi connectivity index (χ1) is 8.47. The Morgan fingerprint density at radius 1 is 1.28 bits per heavy atom. The Bertz CT molecular complexity index is 607. The van der Waals surface area contributed by atoms with E-state index in [1.807, 2.05) is 13.0 Å². The number of aryl methyl sites for hydroxylation is 2. The van der Waals surface area contributed by atoms with E-state index < -0.39 is 0 Å². The number of carbonyl (C=O) groups is 1. The predicted molar refractivity (Wildman–Crippen MR) is 77.6 cm³/mol. The zero-order valence-corrected chi connectivity index (χ0v) is 12.4. The van der Waals surface area contributed by atoms with Gasteiger partial charge in [0.2, 0.25) is 0 Å². The van der Waals surface area contributed by atoms with Crippen molar-refractivity contribution in [3.05, 3.63) is 44.1 Å². The first-order valence-corrected chi connectivity index (χ1v) is 6.95. The molecule has 0 aliphatic carbocycles. The van der Waals surface area contributed by atoms with Crippen LogP contribution in [-0.4, -0.2) is 11.0 Å². The topological polar surface area (TPSA) is 49.3 Å². The largest absolute Gasteiger partial charge is 0.508 e. The summed E-state index contributed by atoms with van der Waals surface area (Å²) in [5, 5.41) is 12.4. The second kappa shape index (κ2) is 5.12. The summed E-state index contributed by atoms with van der Waals surface area (Å²) in [6.07, 6.45) is 0. The fourth-order valence-corrected chi connectivity index (χ4v) is 2.84. The summed E-state index contributed by atoms with van der Waals surface area (Å²) in [6, 6.07) is 7.03. The second-order valence-corrected chi connectivity index (χ2v) is 6.47. The smallest absolute Gasteiger partial charge is 0.265 e. The number of aromatic hydroxyl groups is 1. The Kier molecular flexibility index (Phi) is 3.73. The van der Waals surface area contributed by atoms with Crippen LogP contribution in [0.5, 0.6) is 5.75 Å². The highest BCUT2D eigenvalue weighted by Crippen LogP contribution is 2.27. The van der Waals surface area contributed by atoms with Crippen molar-refractivity contribution < 1.29 is 9.90 Å². The molecule has 3 nitrogen and oxygen atoms in total. The van der Waals surface area contributed by atoms with Crippen molar-refractivity contribution in [2.45, 2.75) is 13.8 Å². The van der Waals surface area contributed by atoms with E-state index in [1.165, 1.54) is 11.3 Å². The molecule has 0 unspecified atom stereocenters. The number of hydrogen-bond donors (Lipinski definition) is 2. The summed E-state index contributed by atoms with van der Waals surface area (Å²) < 4.78 is 0.922. The molecule has 1 heterocycles. The van der Waals surface area contributed by atoms with E-state index in [9.17, 15) is 9.90 Å². The number of hydrogen-bond acceptors (Lipinski definition) is 3. The summed E-state index contributed by atoms with van der Waals surface area (Å²) >= 11 is 4.71. The molecule has 18 heavy (non-hydrogen) atoms. The molecule has 0 saturated carbocycles. The molecule has 0 bridgehead atoms. The molecule has 0 saturated heterocycles. The first-order valence-electron chi connectivity index (χ1n) is 5.34. The highest BCUT2D eigenvalue weighted by atomic mass is 79.9. The van der Waals surface area contributed by atoms with Gasteiger partial charge in [0, 0.05) is 5.69 Å². The summed E-state index contributed by atoms with van der Waals surface area (Å²) in [6.45, 7) is 3.64. The number of benzene rings is 1. The normalized spacial score (nSPS) is 10.4. The monoisotopic (exact) mass is 325 g/mol. The summed E-state index contributed by atoms with van der Waals surface area (Å²) in [4.78, 5) is 12.6. The fourth-order valence-electron chi connectivity index (χ4n) is 1.56. The highest BCUT2D eigenvalue weighted by molar-refractivity contribution is 9.11. The Morgan fingerprint density at radius 3 is 2.61 bits per heavy atom. The van der Waals surface area contributed by atoms with E-state index in [-0.39, 0.29) is 11.7 Å². The van der Waals surface area contributed by atoms with Crippen molar-refractivity contribution in [1.82, 2.24) is 0 Å². The van der Waals surface area contributed by atoms with Gasteiger partial charge in [-0.3, -0.25) is 4.79 Å². The zero-order valence-electron chi connectivity index (χ0n) is 9.95. The molecular weight excluding hydrogens is 314 g/mol. The molecule has 2 N–H and O–H groups in total. The number of phenols is 1. The lowest BCUT2D eigenvalue weighted by molar-refractivity contribution is 0.103. The van der Waals surface area contributed by atoms with Crippen molar-refractivity contribution in [3.63, 3.8) is 0 Å². The zero-order chi connectivity index (χ0) is 13.3. The van der Waals surface area contributed by atoms with Gasteiger partial charge in [-0.1, -0.05) is 0 Å². The fraction of sp³-hybridized carbons (Fsp3) is 0.154. The average molecular weight is 326 g/mol. The van der Waals surface area contributed by atoms with Crippen LogP contribution in [0, 0.1) is 13.8 Å².